The van der Waals surface area contributed by atoms with Crippen LogP contribution in [0.3, 0.4) is 0 Å². The molecule has 0 aliphatic rings. The van der Waals surface area contributed by atoms with Gasteiger partial charge in [-0.25, -0.2) is 4.79 Å². The molecule has 128 valence electrons. The average Bonchev–Trinajstić information content (AvgIpc) is 2.58. The van der Waals surface area contributed by atoms with Crippen LogP contribution in [0, 0.1) is 0 Å². The van der Waals surface area contributed by atoms with Gasteiger partial charge >= 0.3 is 5.97 Å². The molecule has 1 unspecified atom stereocenters. The number of ketones is 1. The van der Waals surface area contributed by atoms with Crippen LogP contribution in [0.25, 0.3) is 0 Å². The highest BCUT2D eigenvalue weighted by molar-refractivity contribution is 6.00. The monoisotopic (exact) mass is 320 g/mol. The van der Waals surface area contributed by atoms with E-state index < -0.39 is 6.04 Å². The summed E-state index contributed by atoms with van der Waals surface area (Å²) in [5, 5.41) is 0. The first-order valence-corrected chi connectivity index (χ1v) is 8.37. The molecule has 0 amide bonds. The Bertz CT molecular complexity index is 486. The Hall–Kier alpha value is -1.72. The van der Waals surface area contributed by atoms with Gasteiger partial charge in [0.1, 0.15) is 0 Å². The summed E-state index contributed by atoms with van der Waals surface area (Å²) in [6, 6.07) is 6.00. The summed E-state index contributed by atoms with van der Waals surface area (Å²) in [4.78, 5) is 24.0. The molecule has 0 spiro atoms. The van der Waals surface area contributed by atoms with Crippen LogP contribution in [0.4, 0.5) is 0 Å². The third kappa shape index (κ3) is 6.93. The number of unbranched alkanes of at least 4 members (excludes halogenated alkanes) is 3. The third-order valence-electron chi connectivity index (χ3n) is 3.69. The van der Waals surface area contributed by atoms with Crippen molar-refractivity contribution in [1.82, 2.24) is 0 Å². The fourth-order valence-corrected chi connectivity index (χ4v) is 2.19. The second-order valence-corrected chi connectivity index (χ2v) is 5.68. The van der Waals surface area contributed by atoms with E-state index in [0.29, 0.717) is 30.7 Å². The topological polar surface area (TPSA) is 95.4 Å². The molecular formula is C18H28N2O3. The van der Waals surface area contributed by atoms with Gasteiger partial charge in [0.15, 0.2) is 5.78 Å². The predicted molar refractivity (Wildman–Crippen MR) is 91.5 cm³/mol. The van der Waals surface area contributed by atoms with Gasteiger partial charge in [0.05, 0.1) is 18.2 Å². The number of hydrogen-bond donors (Lipinski definition) is 2. The maximum absolute atomic E-state index is 12.2. The second kappa shape index (κ2) is 10.9. The number of nitrogens with two attached hydrogens (primary N) is 2. The molecule has 4 N–H and O–H groups in total. The molecule has 1 rings (SSSR count). The van der Waals surface area contributed by atoms with Gasteiger partial charge in [0.25, 0.3) is 0 Å². The molecule has 0 radical (unpaired) electrons. The summed E-state index contributed by atoms with van der Waals surface area (Å²) in [5.41, 5.74) is 12.4. The Labute approximate surface area is 138 Å². The molecule has 5 nitrogen and oxygen atoms in total. The first kappa shape index (κ1) is 19.3. The van der Waals surface area contributed by atoms with Crippen LogP contribution in [-0.2, 0) is 4.74 Å². The van der Waals surface area contributed by atoms with Crippen LogP contribution in [0.2, 0.25) is 0 Å². The minimum absolute atomic E-state index is 0.0938. The van der Waals surface area contributed by atoms with E-state index in [4.69, 9.17) is 16.2 Å². The zero-order valence-corrected chi connectivity index (χ0v) is 13.9. The normalized spacial score (nSPS) is 12.0. The zero-order chi connectivity index (χ0) is 17.1. The summed E-state index contributed by atoms with van der Waals surface area (Å²) in [5.74, 6) is -0.452. The maximum atomic E-state index is 12.2. The van der Waals surface area contributed by atoms with Crippen molar-refractivity contribution < 1.29 is 14.3 Å². The van der Waals surface area contributed by atoms with Crippen LogP contribution >= 0.6 is 0 Å². The van der Waals surface area contributed by atoms with Gasteiger partial charge in [-0.2, -0.15) is 0 Å². The number of carbonyl (C=O) groups excluding carboxylic acids is 2. The highest BCUT2D eigenvalue weighted by Crippen LogP contribution is 2.11. The van der Waals surface area contributed by atoms with Crippen LogP contribution in [0.5, 0.6) is 0 Å². The minimum Gasteiger partial charge on any atom is -0.462 e. The molecule has 0 saturated carbocycles. The van der Waals surface area contributed by atoms with E-state index in [1.165, 1.54) is 0 Å². The average molecular weight is 320 g/mol. The van der Waals surface area contributed by atoms with Gasteiger partial charge in [-0.15, -0.1) is 0 Å². The standard InChI is InChI=1S/C18H28N2O3/c1-2-3-13-23-18(22)15-10-8-14(9-11-15)17(21)16(20)7-5-4-6-12-19/h8-11,16H,2-7,12-13,19-20H2,1H3. The quantitative estimate of drug-likeness (QED) is 0.371. The first-order valence-electron chi connectivity index (χ1n) is 8.37. The van der Waals surface area contributed by atoms with Crippen molar-refractivity contribution in [3.05, 3.63) is 35.4 Å². The predicted octanol–water partition coefficient (Wildman–Crippen LogP) is 2.67. The maximum Gasteiger partial charge on any atom is 0.338 e. The Kier molecular flexibility index (Phi) is 9.17. The van der Waals surface area contributed by atoms with E-state index >= 15 is 0 Å². The number of benzene rings is 1. The van der Waals surface area contributed by atoms with Crippen LogP contribution < -0.4 is 11.5 Å². The van der Waals surface area contributed by atoms with Gasteiger partial charge in [-0.3, -0.25) is 4.79 Å². The lowest BCUT2D eigenvalue weighted by atomic mass is 9.99. The zero-order valence-electron chi connectivity index (χ0n) is 13.9. The number of Topliss-reactive ketones (excluding diaryl/α,β-unsaturated/α-hetero) is 1. The van der Waals surface area contributed by atoms with Crippen molar-refractivity contribution in [3.8, 4) is 0 Å². The van der Waals surface area contributed by atoms with Crippen LogP contribution in [0.15, 0.2) is 24.3 Å². The Morgan fingerprint density at radius 3 is 2.30 bits per heavy atom. The Balaban J connectivity index is 2.51. The molecule has 0 saturated heterocycles. The molecule has 0 heterocycles. The van der Waals surface area contributed by atoms with Gasteiger partial charge in [0, 0.05) is 5.56 Å². The first-order chi connectivity index (χ1) is 11.1. The molecule has 0 aromatic heterocycles. The molecule has 5 heteroatoms. The second-order valence-electron chi connectivity index (χ2n) is 5.68. The summed E-state index contributed by atoms with van der Waals surface area (Å²) < 4.78 is 5.13. The number of carbonyl (C=O) groups is 2. The summed E-state index contributed by atoms with van der Waals surface area (Å²) in [6.07, 6.45) is 5.31. The molecular weight excluding hydrogens is 292 g/mol. The Morgan fingerprint density at radius 1 is 1.04 bits per heavy atom. The van der Waals surface area contributed by atoms with Crippen molar-refractivity contribution in [2.75, 3.05) is 13.2 Å². The van der Waals surface area contributed by atoms with Gasteiger partial charge in [0.2, 0.25) is 0 Å². The molecule has 1 aromatic carbocycles. The van der Waals surface area contributed by atoms with Crippen LogP contribution in [0.1, 0.15) is 66.2 Å². The largest absolute Gasteiger partial charge is 0.462 e. The van der Waals surface area contributed by atoms with E-state index in [1.807, 2.05) is 6.92 Å². The van der Waals surface area contributed by atoms with E-state index in [9.17, 15) is 9.59 Å². The highest BCUT2D eigenvalue weighted by atomic mass is 16.5. The summed E-state index contributed by atoms with van der Waals surface area (Å²) in [7, 11) is 0. The van der Waals surface area contributed by atoms with Crippen molar-refractivity contribution in [2.24, 2.45) is 11.5 Å². The van der Waals surface area contributed by atoms with Crippen LogP contribution in [-0.4, -0.2) is 30.9 Å². The van der Waals surface area contributed by atoms with E-state index in [1.54, 1.807) is 24.3 Å². The lowest BCUT2D eigenvalue weighted by Crippen LogP contribution is -2.30. The lowest BCUT2D eigenvalue weighted by Gasteiger charge is -2.11. The fraction of sp³-hybridized carbons (Fsp3) is 0.556. The van der Waals surface area contributed by atoms with Gasteiger partial charge < -0.3 is 16.2 Å². The van der Waals surface area contributed by atoms with Gasteiger partial charge in [-0.05, 0) is 37.9 Å². The van der Waals surface area contributed by atoms with Crippen molar-refractivity contribution in [3.63, 3.8) is 0 Å². The minimum atomic E-state index is -0.505. The van der Waals surface area contributed by atoms with Crippen molar-refractivity contribution in [1.29, 1.82) is 0 Å². The third-order valence-corrected chi connectivity index (χ3v) is 3.69. The van der Waals surface area contributed by atoms with Crippen molar-refractivity contribution in [2.45, 2.75) is 51.5 Å². The van der Waals surface area contributed by atoms with E-state index in [-0.39, 0.29) is 11.8 Å². The summed E-state index contributed by atoms with van der Waals surface area (Å²) in [6.45, 7) is 3.12. The van der Waals surface area contributed by atoms with E-state index in [2.05, 4.69) is 0 Å². The SMILES string of the molecule is CCCCOC(=O)c1ccc(C(=O)C(N)CCCCCN)cc1. The molecule has 0 bridgehead atoms. The molecule has 1 atom stereocenters. The fourth-order valence-electron chi connectivity index (χ4n) is 2.19. The molecule has 23 heavy (non-hydrogen) atoms. The molecule has 1 aromatic rings. The molecule has 0 aliphatic carbocycles. The van der Waals surface area contributed by atoms with Gasteiger partial charge in [-0.1, -0.05) is 38.3 Å². The van der Waals surface area contributed by atoms with E-state index in [0.717, 1.165) is 32.1 Å². The smallest absolute Gasteiger partial charge is 0.338 e. The number of ether oxygens (including phenoxy) is 1. The molecule has 0 fully saturated rings. The van der Waals surface area contributed by atoms with Crippen molar-refractivity contribution >= 4 is 11.8 Å². The molecule has 0 aliphatic heterocycles. The highest BCUT2D eigenvalue weighted by Gasteiger charge is 2.16. The number of esters is 1. The number of rotatable bonds is 11. The summed E-state index contributed by atoms with van der Waals surface area (Å²) >= 11 is 0. The lowest BCUT2D eigenvalue weighted by molar-refractivity contribution is 0.0499. The Morgan fingerprint density at radius 2 is 1.70 bits per heavy atom. The number of hydrogen-bond acceptors (Lipinski definition) is 5.